The molecule has 0 radical (unpaired) electrons. The van der Waals surface area contributed by atoms with Gasteiger partial charge >= 0.3 is 0 Å². The van der Waals surface area contributed by atoms with Gasteiger partial charge in [-0.1, -0.05) is 0 Å². The summed E-state index contributed by atoms with van der Waals surface area (Å²) in [5.74, 6) is 0.591. The topological polar surface area (TPSA) is 82.9 Å². The fourth-order valence-corrected chi connectivity index (χ4v) is 4.82. The van der Waals surface area contributed by atoms with Crippen molar-refractivity contribution >= 4 is 21.6 Å². The van der Waals surface area contributed by atoms with Crippen molar-refractivity contribution in [1.29, 1.82) is 0 Å². The number of likely N-dealkylation sites (N-methyl/N-ethyl adjacent to an activating group) is 1. The predicted molar refractivity (Wildman–Crippen MR) is 104 cm³/mol. The molecule has 0 saturated carbocycles. The van der Waals surface area contributed by atoms with E-state index < -0.39 is 10.0 Å². The first-order valence-corrected chi connectivity index (χ1v) is 10.6. The van der Waals surface area contributed by atoms with Crippen molar-refractivity contribution in [2.45, 2.75) is 25.4 Å². The minimum Gasteiger partial charge on any atom is -0.468 e. The summed E-state index contributed by atoms with van der Waals surface area (Å²) in [6.07, 6.45) is 3.41. The van der Waals surface area contributed by atoms with Gasteiger partial charge in [-0.3, -0.25) is 14.0 Å². The number of carbonyl (C=O) groups is 1. The maximum absolute atomic E-state index is 12.6. The largest absolute Gasteiger partial charge is 0.468 e. The first-order valence-electron chi connectivity index (χ1n) is 8.79. The molecule has 27 heavy (non-hydrogen) atoms. The molecule has 0 aliphatic carbocycles. The Balaban J connectivity index is 1.74. The molecule has 0 saturated heterocycles. The molecule has 8 heteroatoms. The number of fused-ring (bicyclic) bond motifs is 1. The van der Waals surface area contributed by atoms with Crippen molar-refractivity contribution < 1.29 is 17.6 Å². The summed E-state index contributed by atoms with van der Waals surface area (Å²) in [5, 5.41) is 2.94. The summed E-state index contributed by atoms with van der Waals surface area (Å²) in [6.45, 7) is 2.27. The van der Waals surface area contributed by atoms with E-state index in [1.54, 1.807) is 24.5 Å². The van der Waals surface area contributed by atoms with Crippen LogP contribution in [0.25, 0.3) is 0 Å². The summed E-state index contributed by atoms with van der Waals surface area (Å²) < 4.78 is 30.9. The fourth-order valence-electron chi connectivity index (χ4n) is 3.56. The van der Waals surface area contributed by atoms with Crippen LogP contribution in [0.15, 0.2) is 41.0 Å². The van der Waals surface area contributed by atoms with Crippen molar-refractivity contribution in [3.05, 3.63) is 53.5 Å². The fraction of sp³-hybridized carbons (Fsp3) is 0.421. The van der Waals surface area contributed by atoms with Crippen molar-refractivity contribution in [2.24, 2.45) is 0 Å². The zero-order valence-electron chi connectivity index (χ0n) is 16.0. The molecule has 146 valence electrons. The second kappa shape index (κ2) is 7.36. The van der Waals surface area contributed by atoms with Crippen LogP contribution < -0.4 is 9.62 Å². The molecule has 1 N–H and O–H groups in total. The van der Waals surface area contributed by atoms with E-state index in [9.17, 15) is 13.2 Å². The standard InChI is InChI=1S/C19H25N3O4S/c1-13-10-15-11-14(7-8-16(15)22(13)27(4,24)25)19(23)20-12-17(21(2)3)18-6-5-9-26-18/h5-9,11,13,17H,10,12H2,1-4H3,(H,20,23). The van der Waals surface area contributed by atoms with E-state index in [-0.39, 0.29) is 18.0 Å². The number of sulfonamides is 1. The van der Waals surface area contributed by atoms with Crippen LogP contribution in [0.4, 0.5) is 5.69 Å². The molecular formula is C19H25N3O4S. The van der Waals surface area contributed by atoms with Crippen LogP contribution in [0.5, 0.6) is 0 Å². The van der Waals surface area contributed by atoms with Crippen LogP contribution in [-0.2, 0) is 16.4 Å². The van der Waals surface area contributed by atoms with E-state index in [2.05, 4.69) is 5.32 Å². The molecular weight excluding hydrogens is 366 g/mol. The van der Waals surface area contributed by atoms with Crippen LogP contribution in [0.3, 0.4) is 0 Å². The highest BCUT2D eigenvalue weighted by Gasteiger charge is 2.32. The lowest BCUT2D eigenvalue weighted by Gasteiger charge is -2.23. The average molecular weight is 391 g/mol. The molecule has 2 aromatic rings. The number of hydrogen-bond acceptors (Lipinski definition) is 5. The van der Waals surface area contributed by atoms with Gasteiger partial charge in [0.05, 0.1) is 24.2 Å². The molecule has 7 nitrogen and oxygen atoms in total. The van der Waals surface area contributed by atoms with Gasteiger partial charge in [0.2, 0.25) is 10.0 Å². The van der Waals surface area contributed by atoms with E-state index in [4.69, 9.17) is 4.42 Å². The molecule has 2 atom stereocenters. The van der Waals surface area contributed by atoms with Crippen molar-refractivity contribution in [1.82, 2.24) is 10.2 Å². The van der Waals surface area contributed by atoms with Crippen LogP contribution in [0, 0.1) is 0 Å². The minimum absolute atomic E-state index is 0.0703. The number of hydrogen-bond donors (Lipinski definition) is 1. The van der Waals surface area contributed by atoms with Gasteiger partial charge in [0.15, 0.2) is 0 Å². The quantitative estimate of drug-likeness (QED) is 0.815. The van der Waals surface area contributed by atoms with E-state index >= 15 is 0 Å². The predicted octanol–water partition coefficient (Wildman–Crippen LogP) is 2.02. The Kier molecular flexibility index (Phi) is 5.30. The molecule has 2 unspecified atom stereocenters. The van der Waals surface area contributed by atoms with E-state index in [0.717, 1.165) is 11.3 Å². The lowest BCUT2D eigenvalue weighted by molar-refractivity contribution is 0.0939. The Labute approximate surface area is 160 Å². The first-order chi connectivity index (χ1) is 12.7. The Morgan fingerprint density at radius 1 is 1.37 bits per heavy atom. The number of benzene rings is 1. The number of amides is 1. The van der Waals surface area contributed by atoms with Crippen LogP contribution in [-0.4, -0.2) is 52.2 Å². The molecule has 2 heterocycles. The molecule has 0 fully saturated rings. The van der Waals surface area contributed by atoms with Crippen LogP contribution in [0.1, 0.15) is 34.6 Å². The second-order valence-corrected chi connectivity index (χ2v) is 9.02. The maximum atomic E-state index is 12.6. The molecule has 1 aromatic carbocycles. The van der Waals surface area contributed by atoms with Crippen molar-refractivity contribution in [3.63, 3.8) is 0 Å². The summed E-state index contributed by atoms with van der Waals surface area (Å²) in [4.78, 5) is 14.6. The van der Waals surface area contributed by atoms with E-state index in [1.165, 1.54) is 10.6 Å². The number of carbonyl (C=O) groups excluding carboxylic acids is 1. The third-order valence-electron chi connectivity index (χ3n) is 4.80. The number of rotatable bonds is 6. The van der Waals surface area contributed by atoms with Gasteiger partial charge in [-0.2, -0.15) is 0 Å². The van der Waals surface area contributed by atoms with Gasteiger partial charge in [0, 0.05) is 18.2 Å². The Morgan fingerprint density at radius 2 is 2.11 bits per heavy atom. The molecule has 3 rings (SSSR count). The zero-order valence-corrected chi connectivity index (χ0v) is 16.8. The van der Waals surface area contributed by atoms with Gasteiger partial charge < -0.3 is 9.73 Å². The second-order valence-electron chi connectivity index (χ2n) is 7.16. The van der Waals surface area contributed by atoms with Crippen molar-refractivity contribution in [3.8, 4) is 0 Å². The lowest BCUT2D eigenvalue weighted by Crippen LogP contribution is -2.34. The van der Waals surface area contributed by atoms with Gasteiger partial charge in [-0.25, -0.2) is 8.42 Å². The lowest BCUT2D eigenvalue weighted by atomic mass is 10.1. The number of nitrogens with one attached hydrogen (secondary N) is 1. The number of anilines is 1. The smallest absolute Gasteiger partial charge is 0.251 e. The molecule has 1 aromatic heterocycles. The highest BCUT2D eigenvalue weighted by Crippen LogP contribution is 2.34. The Hall–Kier alpha value is -2.32. The molecule has 1 aliphatic heterocycles. The van der Waals surface area contributed by atoms with Crippen molar-refractivity contribution in [2.75, 3.05) is 31.2 Å². The summed E-state index contributed by atoms with van der Waals surface area (Å²) >= 11 is 0. The first kappa shape index (κ1) is 19.4. The monoisotopic (exact) mass is 391 g/mol. The Bertz CT molecular complexity index is 922. The van der Waals surface area contributed by atoms with Gasteiger partial charge in [-0.15, -0.1) is 0 Å². The summed E-state index contributed by atoms with van der Waals surface area (Å²) in [7, 11) is 0.515. The van der Waals surface area contributed by atoms with Crippen LogP contribution in [0.2, 0.25) is 0 Å². The van der Waals surface area contributed by atoms with Gasteiger partial charge in [-0.05, 0) is 63.3 Å². The van der Waals surface area contributed by atoms with Gasteiger partial charge in [0.25, 0.3) is 5.91 Å². The number of furan rings is 1. The molecule has 1 aliphatic rings. The maximum Gasteiger partial charge on any atom is 0.251 e. The third kappa shape index (κ3) is 4.01. The minimum atomic E-state index is -3.34. The van der Waals surface area contributed by atoms with E-state index in [1.807, 2.05) is 38.1 Å². The summed E-state index contributed by atoms with van der Waals surface area (Å²) in [5.41, 5.74) is 2.05. The van der Waals surface area contributed by atoms with Gasteiger partial charge in [0.1, 0.15) is 5.76 Å². The normalized spacial score (nSPS) is 17.8. The molecule has 0 spiro atoms. The highest BCUT2D eigenvalue weighted by atomic mass is 32.2. The third-order valence-corrected chi connectivity index (χ3v) is 6.07. The molecule has 0 bridgehead atoms. The van der Waals surface area contributed by atoms with Crippen LogP contribution >= 0.6 is 0 Å². The van der Waals surface area contributed by atoms with E-state index in [0.29, 0.717) is 24.2 Å². The SMILES string of the molecule is CC1Cc2cc(C(=O)NCC(c3ccco3)N(C)C)ccc2N1S(C)(=O)=O. The number of nitrogens with zero attached hydrogens (tertiary/aromatic N) is 2. The molecule has 1 amide bonds. The average Bonchev–Trinajstić information content (AvgIpc) is 3.19. The Morgan fingerprint density at radius 3 is 2.70 bits per heavy atom. The summed E-state index contributed by atoms with van der Waals surface area (Å²) in [6, 6.07) is 8.65. The highest BCUT2D eigenvalue weighted by molar-refractivity contribution is 7.92. The zero-order chi connectivity index (χ0) is 19.8.